The van der Waals surface area contributed by atoms with E-state index >= 15 is 0 Å². The van der Waals surface area contributed by atoms with Crippen LogP contribution in [-0.2, 0) is 0 Å². The van der Waals surface area contributed by atoms with E-state index in [9.17, 15) is 4.79 Å². The first-order valence-electron chi connectivity index (χ1n) is 4.64. The number of fused-ring (bicyclic) bond motifs is 1. The number of ketones is 1. The van der Waals surface area contributed by atoms with E-state index in [0.717, 1.165) is 9.86 Å². The minimum Gasteiger partial charge on any atom is -0.480 e. The zero-order valence-electron chi connectivity index (χ0n) is 8.82. The SMILES string of the molecule is COc1nc(C(C)=O)nc2cc(Br)ccc12. The summed E-state index contributed by atoms with van der Waals surface area (Å²) in [7, 11) is 1.52. The number of hydrogen-bond acceptors (Lipinski definition) is 4. The molecule has 2 rings (SSSR count). The van der Waals surface area contributed by atoms with E-state index in [1.807, 2.05) is 18.2 Å². The van der Waals surface area contributed by atoms with Gasteiger partial charge in [0.2, 0.25) is 5.88 Å². The zero-order chi connectivity index (χ0) is 11.7. The first-order valence-corrected chi connectivity index (χ1v) is 5.43. The topological polar surface area (TPSA) is 52.1 Å². The van der Waals surface area contributed by atoms with Crippen molar-refractivity contribution in [1.82, 2.24) is 9.97 Å². The van der Waals surface area contributed by atoms with Crippen molar-refractivity contribution in [3.63, 3.8) is 0 Å². The highest BCUT2D eigenvalue weighted by Crippen LogP contribution is 2.25. The first-order chi connectivity index (χ1) is 7.61. The van der Waals surface area contributed by atoms with E-state index in [0.29, 0.717) is 11.4 Å². The molecule has 0 atom stereocenters. The highest BCUT2D eigenvalue weighted by Gasteiger charge is 2.11. The van der Waals surface area contributed by atoms with Gasteiger partial charge in [-0.2, -0.15) is 4.98 Å². The van der Waals surface area contributed by atoms with Gasteiger partial charge in [0.15, 0.2) is 11.6 Å². The van der Waals surface area contributed by atoms with Crippen LogP contribution in [0.1, 0.15) is 17.5 Å². The molecule has 0 unspecified atom stereocenters. The number of nitrogens with zero attached hydrogens (tertiary/aromatic N) is 2. The molecule has 0 aliphatic rings. The number of hydrogen-bond donors (Lipinski definition) is 0. The maximum atomic E-state index is 11.2. The molecule has 0 spiro atoms. The first kappa shape index (κ1) is 11.0. The second kappa shape index (κ2) is 4.17. The summed E-state index contributed by atoms with van der Waals surface area (Å²) in [5, 5.41) is 0.788. The monoisotopic (exact) mass is 280 g/mol. The third-order valence-electron chi connectivity index (χ3n) is 2.13. The minimum absolute atomic E-state index is 0.169. The fourth-order valence-corrected chi connectivity index (χ4v) is 1.74. The van der Waals surface area contributed by atoms with Crippen molar-refractivity contribution in [3.05, 3.63) is 28.5 Å². The predicted molar refractivity (Wildman–Crippen MR) is 63.8 cm³/mol. The Morgan fingerprint density at radius 2 is 2.12 bits per heavy atom. The molecule has 0 amide bonds. The standard InChI is InChI=1S/C11H9BrN2O2/c1-6(15)10-13-9-5-7(12)3-4-8(9)11(14-10)16-2/h3-5H,1-2H3. The lowest BCUT2D eigenvalue weighted by Crippen LogP contribution is -2.03. The molecule has 1 aromatic carbocycles. The van der Waals surface area contributed by atoms with Crippen molar-refractivity contribution in [3.8, 4) is 5.88 Å². The van der Waals surface area contributed by atoms with Gasteiger partial charge in [-0.1, -0.05) is 15.9 Å². The van der Waals surface area contributed by atoms with E-state index in [4.69, 9.17) is 4.74 Å². The number of methoxy groups -OCH3 is 1. The van der Waals surface area contributed by atoms with Gasteiger partial charge in [0.25, 0.3) is 0 Å². The quantitative estimate of drug-likeness (QED) is 0.794. The Labute approximate surface area is 101 Å². The van der Waals surface area contributed by atoms with Gasteiger partial charge in [0.1, 0.15) is 0 Å². The molecule has 0 bridgehead atoms. The van der Waals surface area contributed by atoms with Crippen molar-refractivity contribution >= 4 is 32.6 Å². The molecule has 1 aromatic heterocycles. The van der Waals surface area contributed by atoms with E-state index in [-0.39, 0.29) is 11.6 Å². The van der Waals surface area contributed by atoms with E-state index in [2.05, 4.69) is 25.9 Å². The van der Waals surface area contributed by atoms with Crippen molar-refractivity contribution in [2.24, 2.45) is 0 Å². The second-order valence-corrected chi connectivity index (χ2v) is 4.19. The fraction of sp³-hybridized carbons (Fsp3) is 0.182. The van der Waals surface area contributed by atoms with Crippen molar-refractivity contribution in [2.45, 2.75) is 6.92 Å². The number of carbonyl (C=O) groups excluding carboxylic acids is 1. The normalized spacial score (nSPS) is 10.4. The van der Waals surface area contributed by atoms with Crippen LogP contribution >= 0.6 is 15.9 Å². The minimum atomic E-state index is -0.180. The average Bonchev–Trinajstić information content (AvgIpc) is 2.26. The number of carbonyl (C=O) groups is 1. The molecule has 1 heterocycles. The Bertz CT molecular complexity index is 569. The second-order valence-electron chi connectivity index (χ2n) is 3.27. The van der Waals surface area contributed by atoms with Crippen molar-refractivity contribution in [1.29, 1.82) is 0 Å². The summed E-state index contributed by atoms with van der Waals surface area (Å²) in [5.74, 6) is 0.408. The van der Waals surface area contributed by atoms with Crippen LogP contribution in [0.15, 0.2) is 22.7 Å². The molecule has 0 aliphatic heterocycles. The number of Topliss-reactive ketones (excluding diaryl/α,β-unsaturated/α-hetero) is 1. The number of rotatable bonds is 2. The average molecular weight is 281 g/mol. The Morgan fingerprint density at radius 1 is 1.38 bits per heavy atom. The molecular weight excluding hydrogens is 272 g/mol. The van der Waals surface area contributed by atoms with Crippen LogP contribution in [0.25, 0.3) is 10.9 Å². The molecule has 0 saturated carbocycles. The number of halogens is 1. The lowest BCUT2D eigenvalue weighted by Gasteiger charge is -2.05. The highest BCUT2D eigenvalue weighted by atomic mass is 79.9. The molecule has 0 N–H and O–H groups in total. The Hall–Kier alpha value is -1.49. The summed E-state index contributed by atoms with van der Waals surface area (Å²) in [5.41, 5.74) is 0.687. The molecule has 82 valence electrons. The van der Waals surface area contributed by atoms with E-state index in [1.54, 1.807) is 0 Å². The number of benzene rings is 1. The molecule has 2 aromatic rings. The third-order valence-corrected chi connectivity index (χ3v) is 2.63. The maximum absolute atomic E-state index is 11.2. The lowest BCUT2D eigenvalue weighted by atomic mass is 10.2. The predicted octanol–water partition coefficient (Wildman–Crippen LogP) is 2.60. The van der Waals surface area contributed by atoms with Crippen LogP contribution in [0, 0.1) is 0 Å². The van der Waals surface area contributed by atoms with Gasteiger partial charge in [0, 0.05) is 11.4 Å². The molecule has 5 heteroatoms. The largest absolute Gasteiger partial charge is 0.480 e. The fourth-order valence-electron chi connectivity index (χ4n) is 1.39. The number of aromatic nitrogens is 2. The molecule has 16 heavy (non-hydrogen) atoms. The molecule has 0 radical (unpaired) electrons. The molecular formula is C11H9BrN2O2. The van der Waals surface area contributed by atoms with Gasteiger partial charge in [-0.3, -0.25) is 4.79 Å². The van der Waals surface area contributed by atoms with Gasteiger partial charge in [-0.05, 0) is 18.2 Å². The Balaban J connectivity index is 2.78. The smallest absolute Gasteiger partial charge is 0.224 e. The van der Waals surface area contributed by atoms with Crippen LogP contribution in [0.2, 0.25) is 0 Å². The van der Waals surface area contributed by atoms with Gasteiger partial charge in [-0.25, -0.2) is 4.98 Å². The summed E-state index contributed by atoms with van der Waals surface area (Å²) in [4.78, 5) is 19.5. The molecule has 0 saturated heterocycles. The van der Waals surface area contributed by atoms with Crippen molar-refractivity contribution < 1.29 is 9.53 Å². The summed E-state index contributed by atoms with van der Waals surface area (Å²) in [6.45, 7) is 1.43. The van der Waals surface area contributed by atoms with E-state index in [1.165, 1.54) is 14.0 Å². The van der Waals surface area contributed by atoms with Crippen LogP contribution in [0.4, 0.5) is 0 Å². The summed E-state index contributed by atoms with van der Waals surface area (Å²) in [6, 6.07) is 5.55. The summed E-state index contributed by atoms with van der Waals surface area (Å²) >= 11 is 3.35. The van der Waals surface area contributed by atoms with Crippen LogP contribution < -0.4 is 4.74 Å². The van der Waals surface area contributed by atoms with Gasteiger partial charge < -0.3 is 4.74 Å². The van der Waals surface area contributed by atoms with Crippen LogP contribution in [0.5, 0.6) is 5.88 Å². The molecule has 0 fully saturated rings. The summed E-state index contributed by atoms with van der Waals surface area (Å²) in [6.07, 6.45) is 0. The maximum Gasteiger partial charge on any atom is 0.224 e. The molecule has 4 nitrogen and oxygen atoms in total. The van der Waals surface area contributed by atoms with Gasteiger partial charge in [0.05, 0.1) is 18.0 Å². The third kappa shape index (κ3) is 1.90. The molecule has 0 aliphatic carbocycles. The van der Waals surface area contributed by atoms with Crippen molar-refractivity contribution in [2.75, 3.05) is 7.11 Å². The Morgan fingerprint density at radius 3 is 2.75 bits per heavy atom. The lowest BCUT2D eigenvalue weighted by molar-refractivity contribution is 0.100. The highest BCUT2D eigenvalue weighted by molar-refractivity contribution is 9.10. The van der Waals surface area contributed by atoms with Gasteiger partial charge >= 0.3 is 0 Å². The van der Waals surface area contributed by atoms with Crippen LogP contribution in [0.3, 0.4) is 0 Å². The number of ether oxygens (including phenoxy) is 1. The zero-order valence-corrected chi connectivity index (χ0v) is 10.4. The van der Waals surface area contributed by atoms with Crippen LogP contribution in [-0.4, -0.2) is 22.9 Å². The Kier molecular flexibility index (Phi) is 2.87. The van der Waals surface area contributed by atoms with Gasteiger partial charge in [-0.15, -0.1) is 0 Å². The van der Waals surface area contributed by atoms with E-state index < -0.39 is 0 Å². The summed E-state index contributed by atoms with van der Waals surface area (Å²) < 4.78 is 6.04.